The molecule has 4 heteroatoms. The van der Waals surface area contributed by atoms with Crippen molar-refractivity contribution in [2.24, 2.45) is 5.84 Å². The van der Waals surface area contributed by atoms with Crippen molar-refractivity contribution in [2.75, 3.05) is 12.3 Å². The van der Waals surface area contributed by atoms with Crippen LogP contribution in [0.2, 0.25) is 0 Å². The van der Waals surface area contributed by atoms with Gasteiger partial charge in [0, 0.05) is 11.4 Å². The first-order valence-corrected chi connectivity index (χ1v) is 8.45. The van der Waals surface area contributed by atoms with E-state index in [0.717, 1.165) is 17.7 Å². The molecule has 0 aromatic heterocycles. The van der Waals surface area contributed by atoms with Crippen LogP contribution in [0.4, 0.5) is 0 Å². The van der Waals surface area contributed by atoms with E-state index >= 15 is 0 Å². The van der Waals surface area contributed by atoms with E-state index in [2.05, 4.69) is 6.92 Å². The van der Waals surface area contributed by atoms with Crippen LogP contribution < -0.4 is 5.84 Å². The fraction of sp³-hybridized carbons (Fsp3) is 0.562. The number of unbranched alkanes of at least 4 members (excludes halogenated alkanes) is 5. The van der Waals surface area contributed by atoms with Crippen LogP contribution in [0.15, 0.2) is 35.2 Å². The minimum atomic E-state index is 0.00686. The number of benzene rings is 1. The van der Waals surface area contributed by atoms with Gasteiger partial charge in [0.15, 0.2) is 0 Å². The highest BCUT2D eigenvalue weighted by Crippen LogP contribution is 2.17. The molecule has 1 aromatic carbocycles. The van der Waals surface area contributed by atoms with Gasteiger partial charge in [0.25, 0.3) is 0 Å². The van der Waals surface area contributed by atoms with Crippen molar-refractivity contribution in [2.45, 2.75) is 50.3 Å². The van der Waals surface area contributed by atoms with Crippen molar-refractivity contribution in [1.82, 2.24) is 5.01 Å². The second kappa shape index (κ2) is 10.7. The number of hydrazine groups is 1. The zero-order chi connectivity index (χ0) is 14.6. The summed E-state index contributed by atoms with van der Waals surface area (Å²) in [5, 5.41) is 1.37. The normalized spacial score (nSPS) is 10.5. The summed E-state index contributed by atoms with van der Waals surface area (Å²) in [4.78, 5) is 13.0. The molecule has 20 heavy (non-hydrogen) atoms. The molecule has 0 bridgehead atoms. The maximum Gasteiger partial charge on any atom is 0.246 e. The predicted octanol–water partition coefficient (Wildman–Crippen LogP) is 3.84. The molecule has 1 amide bonds. The van der Waals surface area contributed by atoms with Gasteiger partial charge in [-0.1, -0.05) is 57.2 Å². The Morgan fingerprint density at radius 2 is 1.75 bits per heavy atom. The highest BCUT2D eigenvalue weighted by Gasteiger charge is 2.09. The largest absolute Gasteiger partial charge is 0.280 e. The van der Waals surface area contributed by atoms with E-state index in [4.69, 9.17) is 5.84 Å². The molecule has 0 heterocycles. The van der Waals surface area contributed by atoms with Crippen LogP contribution in [0, 0.1) is 0 Å². The van der Waals surface area contributed by atoms with Gasteiger partial charge in [-0.15, -0.1) is 11.8 Å². The molecule has 0 unspecified atom stereocenters. The maximum atomic E-state index is 11.9. The Labute approximate surface area is 126 Å². The summed E-state index contributed by atoms with van der Waals surface area (Å²) in [6, 6.07) is 9.94. The van der Waals surface area contributed by atoms with Gasteiger partial charge in [-0.25, -0.2) is 5.84 Å². The molecule has 0 aliphatic carbocycles. The second-order valence-electron chi connectivity index (χ2n) is 4.96. The van der Waals surface area contributed by atoms with Gasteiger partial charge in [0.2, 0.25) is 5.91 Å². The number of nitrogens with two attached hydrogens (primary N) is 1. The zero-order valence-corrected chi connectivity index (χ0v) is 13.2. The number of hydrogen-bond acceptors (Lipinski definition) is 3. The molecule has 0 radical (unpaired) electrons. The van der Waals surface area contributed by atoms with Crippen LogP contribution in [-0.4, -0.2) is 23.2 Å². The van der Waals surface area contributed by atoms with E-state index in [1.165, 1.54) is 42.5 Å². The van der Waals surface area contributed by atoms with Crippen LogP contribution in [0.3, 0.4) is 0 Å². The Hall–Kier alpha value is -1.00. The van der Waals surface area contributed by atoms with Crippen LogP contribution >= 0.6 is 11.8 Å². The maximum absolute atomic E-state index is 11.9. The smallest absolute Gasteiger partial charge is 0.246 e. The summed E-state index contributed by atoms with van der Waals surface area (Å²) in [6.07, 6.45) is 7.26. The molecule has 0 spiro atoms. The van der Waals surface area contributed by atoms with Crippen LogP contribution in [0.5, 0.6) is 0 Å². The number of amides is 1. The van der Waals surface area contributed by atoms with Crippen molar-refractivity contribution < 1.29 is 4.79 Å². The molecule has 3 nitrogen and oxygen atoms in total. The van der Waals surface area contributed by atoms with Gasteiger partial charge in [-0.05, 0) is 18.6 Å². The third kappa shape index (κ3) is 7.56. The van der Waals surface area contributed by atoms with Crippen LogP contribution in [0.1, 0.15) is 45.4 Å². The van der Waals surface area contributed by atoms with Crippen LogP contribution in [-0.2, 0) is 4.79 Å². The molecule has 2 N–H and O–H groups in total. The molecule has 112 valence electrons. The van der Waals surface area contributed by atoms with Crippen molar-refractivity contribution in [3.63, 3.8) is 0 Å². The SMILES string of the molecule is CCCCCCCCN(N)C(=O)CSc1ccccc1. The highest BCUT2D eigenvalue weighted by atomic mass is 32.2. The Balaban J connectivity index is 2.10. The predicted molar refractivity (Wildman–Crippen MR) is 86.4 cm³/mol. The summed E-state index contributed by atoms with van der Waals surface area (Å²) in [7, 11) is 0. The van der Waals surface area contributed by atoms with Gasteiger partial charge in [-0.2, -0.15) is 0 Å². The average Bonchev–Trinajstić information content (AvgIpc) is 2.49. The van der Waals surface area contributed by atoms with E-state index in [1.807, 2.05) is 30.3 Å². The number of carbonyl (C=O) groups excluding carboxylic acids is 1. The van der Waals surface area contributed by atoms with Gasteiger partial charge >= 0.3 is 0 Å². The Morgan fingerprint density at radius 3 is 2.45 bits per heavy atom. The monoisotopic (exact) mass is 294 g/mol. The summed E-state index contributed by atoms with van der Waals surface area (Å²) in [5.74, 6) is 6.21. The van der Waals surface area contributed by atoms with E-state index in [1.54, 1.807) is 0 Å². The van der Waals surface area contributed by atoms with Gasteiger partial charge < -0.3 is 0 Å². The molecule has 0 saturated heterocycles. The first-order chi connectivity index (χ1) is 9.74. The highest BCUT2D eigenvalue weighted by molar-refractivity contribution is 8.00. The first-order valence-electron chi connectivity index (χ1n) is 7.47. The Morgan fingerprint density at radius 1 is 1.10 bits per heavy atom. The first kappa shape index (κ1) is 17.1. The topological polar surface area (TPSA) is 46.3 Å². The summed E-state index contributed by atoms with van der Waals surface area (Å²) >= 11 is 1.54. The lowest BCUT2D eigenvalue weighted by Gasteiger charge is -2.16. The van der Waals surface area contributed by atoms with E-state index < -0.39 is 0 Å². The second-order valence-corrected chi connectivity index (χ2v) is 6.01. The van der Waals surface area contributed by atoms with Crippen molar-refractivity contribution in [3.05, 3.63) is 30.3 Å². The fourth-order valence-corrected chi connectivity index (χ4v) is 2.74. The molecule has 0 fully saturated rings. The molecule has 0 aliphatic rings. The third-order valence-electron chi connectivity index (χ3n) is 3.18. The minimum absolute atomic E-state index is 0.00686. The van der Waals surface area contributed by atoms with Crippen LogP contribution in [0.25, 0.3) is 0 Å². The number of nitrogens with zero attached hydrogens (tertiary/aromatic N) is 1. The van der Waals surface area contributed by atoms with E-state index in [9.17, 15) is 4.79 Å². The summed E-state index contributed by atoms with van der Waals surface area (Å²) in [5.41, 5.74) is 0. The lowest BCUT2D eigenvalue weighted by molar-refractivity contribution is -0.128. The Bertz CT molecular complexity index is 370. The third-order valence-corrected chi connectivity index (χ3v) is 4.18. The zero-order valence-electron chi connectivity index (χ0n) is 12.4. The number of thioether (sulfide) groups is 1. The van der Waals surface area contributed by atoms with E-state index in [0.29, 0.717) is 12.3 Å². The quantitative estimate of drug-likeness (QED) is 0.234. The lowest BCUT2D eigenvalue weighted by atomic mass is 10.1. The minimum Gasteiger partial charge on any atom is -0.280 e. The molecular formula is C16H26N2OS. The molecule has 0 atom stereocenters. The lowest BCUT2D eigenvalue weighted by Crippen LogP contribution is -2.39. The van der Waals surface area contributed by atoms with Gasteiger partial charge in [0.1, 0.15) is 0 Å². The van der Waals surface area contributed by atoms with Crippen molar-refractivity contribution >= 4 is 17.7 Å². The fourth-order valence-electron chi connectivity index (χ4n) is 1.93. The number of hydrogen-bond donors (Lipinski definition) is 1. The molecular weight excluding hydrogens is 268 g/mol. The number of rotatable bonds is 10. The summed E-state index contributed by atoms with van der Waals surface area (Å²) in [6.45, 7) is 2.88. The standard InChI is InChI=1S/C16H26N2OS/c1-2-3-4-5-6-10-13-18(17)16(19)14-20-15-11-8-7-9-12-15/h7-9,11-12H,2-6,10,13-14,17H2,1H3. The number of carbonyl (C=O) groups is 1. The van der Waals surface area contributed by atoms with Gasteiger partial charge in [0.05, 0.1) is 5.75 Å². The molecule has 1 aromatic rings. The average molecular weight is 294 g/mol. The summed E-state index contributed by atoms with van der Waals surface area (Å²) < 4.78 is 0. The van der Waals surface area contributed by atoms with Crippen molar-refractivity contribution in [3.8, 4) is 0 Å². The van der Waals surface area contributed by atoms with Gasteiger partial charge in [-0.3, -0.25) is 9.80 Å². The molecule has 0 saturated carbocycles. The molecule has 1 rings (SSSR count). The van der Waals surface area contributed by atoms with Crippen molar-refractivity contribution in [1.29, 1.82) is 0 Å². The molecule has 0 aliphatic heterocycles. The van der Waals surface area contributed by atoms with E-state index in [-0.39, 0.29) is 5.91 Å². The Kier molecular flexibility index (Phi) is 9.16.